The van der Waals surface area contributed by atoms with E-state index < -0.39 is 17.6 Å². The van der Waals surface area contributed by atoms with Crippen LogP contribution in [0.2, 0.25) is 0 Å². The predicted octanol–water partition coefficient (Wildman–Crippen LogP) is 2.59. The van der Waals surface area contributed by atoms with Crippen LogP contribution in [-0.2, 0) is 6.18 Å². The van der Waals surface area contributed by atoms with Crippen LogP contribution in [0.25, 0.3) is 16.9 Å². The molecule has 0 radical (unpaired) electrons. The standard InChI is InChI=1S/C17H13F3N6O/c18-17(19,20)11-4-2-1-3-10(11)12-6-8-26-9-23-14(15(26)24-12)16(27)25-13(22)5-7-21/h1-9H,21H2,(H2,22,25,27). The molecule has 1 aromatic carbocycles. The molecule has 0 bridgehead atoms. The van der Waals surface area contributed by atoms with Crippen LogP contribution >= 0.6 is 0 Å². The molecule has 10 heteroatoms. The van der Waals surface area contributed by atoms with Gasteiger partial charge in [-0.15, -0.1) is 0 Å². The Morgan fingerprint density at radius 2 is 2.00 bits per heavy atom. The quantitative estimate of drug-likeness (QED) is 0.484. The summed E-state index contributed by atoms with van der Waals surface area (Å²) in [7, 11) is 0. The second kappa shape index (κ2) is 6.90. The summed E-state index contributed by atoms with van der Waals surface area (Å²) < 4.78 is 41.2. The van der Waals surface area contributed by atoms with Crippen LogP contribution in [0, 0.1) is 5.41 Å². The number of benzene rings is 1. The Bertz CT molecular complexity index is 1050. The summed E-state index contributed by atoms with van der Waals surface area (Å²) >= 11 is 0. The smallest absolute Gasteiger partial charge is 0.404 e. The number of fused-ring (bicyclic) bond motifs is 1. The lowest BCUT2D eigenvalue weighted by molar-refractivity contribution is -0.137. The molecule has 3 aromatic rings. The lowest BCUT2D eigenvalue weighted by Gasteiger charge is -2.12. The van der Waals surface area contributed by atoms with Crippen LogP contribution in [0.15, 0.2) is 55.1 Å². The molecular formula is C17H13F3N6O. The van der Waals surface area contributed by atoms with Crippen LogP contribution in [0.1, 0.15) is 16.1 Å². The minimum absolute atomic E-state index is 0.0434. The number of hydrogen-bond acceptors (Lipinski definition) is 5. The molecule has 2 heterocycles. The second-order valence-corrected chi connectivity index (χ2v) is 5.41. The normalized spacial score (nSPS) is 11.8. The van der Waals surface area contributed by atoms with Gasteiger partial charge in [0, 0.05) is 11.8 Å². The number of imidazole rings is 1. The van der Waals surface area contributed by atoms with Crippen LogP contribution in [0.4, 0.5) is 13.2 Å². The average molecular weight is 374 g/mol. The number of amidine groups is 1. The molecule has 0 aliphatic carbocycles. The van der Waals surface area contributed by atoms with Gasteiger partial charge in [-0.1, -0.05) is 18.2 Å². The van der Waals surface area contributed by atoms with Crippen molar-refractivity contribution in [1.82, 2.24) is 19.7 Å². The van der Waals surface area contributed by atoms with Gasteiger partial charge in [-0.3, -0.25) is 14.6 Å². The van der Waals surface area contributed by atoms with Gasteiger partial charge in [0.2, 0.25) is 0 Å². The minimum Gasteiger partial charge on any atom is -0.404 e. The highest BCUT2D eigenvalue weighted by atomic mass is 19.4. The highest BCUT2D eigenvalue weighted by Gasteiger charge is 2.33. The minimum atomic E-state index is -4.55. The Labute approximate surface area is 150 Å². The maximum Gasteiger partial charge on any atom is 0.417 e. The van der Waals surface area contributed by atoms with Gasteiger partial charge in [-0.25, -0.2) is 9.97 Å². The van der Waals surface area contributed by atoms with Crippen molar-refractivity contribution in [2.75, 3.05) is 0 Å². The zero-order valence-corrected chi connectivity index (χ0v) is 13.7. The Morgan fingerprint density at radius 3 is 2.70 bits per heavy atom. The molecule has 0 unspecified atom stereocenters. The summed E-state index contributed by atoms with van der Waals surface area (Å²) in [6.45, 7) is 0. The van der Waals surface area contributed by atoms with Gasteiger partial charge in [-0.05, 0) is 24.4 Å². The van der Waals surface area contributed by atoms with E-state index in [9.17, 15) is 18.0 Å². The highest BCUT2D eigenvalue weighted by molar-refractivity contribution is 6.10. The molecule has 0 spiro atoms. The number of alkyl halides is 3. The Hall–Kier alpha value is -3.69. The summed E-state index contributed by atoms with van der Waals surface area (Å²) in [5.74, 6) is -0.989. The molecule has 0 saturated heterocycles. The number of rotatable bonds is 3. The van der Waals surface area contributed by atoms with Gasteiger partial charge < -0.3 is 11.1 Å². The molecule has 3 rings (SSSR count). The third-order valence-electron chi connectivity index (χ3n) is 3.62. The number of aromatic nitrogens is 3. The van der Waals surface area contributed by atoms with Crippen molar-refractivity contribution in [2.24, 2.45) is 5.73 Å². The zero-order valence-electron chi connectivity index (χ0n) is 13.7. The van der Waals surface area contributed by atoms with Gasteiger partial charge in [0.1, 0.15) is 12.2 Å². The van der Waals surface area contributed by atoms with Gasteiger partial charge in [0.15, 0.2) is 11.3 Å². The summed E-state index contributed by atoms with van der Waals surface area (Å²) in [6, 6.07) is 6.44. The lowest BCUT2D eigenvalue weighted by atomic mass is 10.0. The van der Waals surface area contributed by atoms with E-state index in [2.05, 4.69) is 15.3 Å². The second-order valence-electron chi connectivity index (χ2n) is 5.41. The molecule has 27 heavy (non-hydrogen) atoms. The number of nitrogens with one attached hydrogen (secondary N) is 2. The van der Waals surface area contributed by atoms with Crippen LogP contribution in [-0.4, -0.2) is 26.1 Å². The predicted molar refractivity (Wildman–Crippen MR) is 91.9 cm³/mol. The topological polar surface area (TPSA) is 109 Å². The Balaban J connectivity index is 2.07. The molecular weight excluding hydrogens is 361 g/mol. The number of halogens is 3. The molecule has 0 saturated carbocycles. The Morgan fingerprint density at radius 1 is 1.26 bits per heavy atom. The van der Waals surface area contributed by atoms with Crippen molar-refractivity contribution < 1.29 is 18.0 Å². The highest BCUT2D eigenvalue weighted by Crippen LogP contribution is 2.36. The molecule has 0 aliphatic heterocycles. The van der Waals surface area contributed by atoms with Gasteiger partial charge in [0.25, 0.3) is 5.91 Å². The largest absolute Gasteiger partial charge is 0.417 e. The molecule has 4 N–H and O–H groups in total. The molecule has 2 aromatic heterocycles. The molecule has 138 valence electrons. The summed E-state index contributed by atoms with van der Waals surface area (Å²) in [5.41, 5.74) is 4.18. The van der Waals surface area contributed by atoms with E-state index in [4.69, 9.17) is 11.1 Å². The number of amides is 1. The SMILES string of the molecule is N=C(C=CN)NC(=O)c1ncn2ccc(-c3ccccc3C(F)(F)F)nc12. The first kappa shape index (κ1) is 18.1. The van der Waals surface area contributed by atoms with Crippen LogP contribution < -0.4 is 11.1 Å². The first-order valence-electron chi connectivity index (χ1n) is 7.59. The van der Waals surface area contributed by atoms with E-state index in [1.165, 1.54) is 41.2 Å². The maximum atomic E-state index is 13.3. The first-order valence-corrected chi connectivity index (χ1v) is 7.59. The van der Waals surface area contributed by atoms with Crippen molar-refractivity contribution in [3.05, 3.63) is 66.4 Å². The molecule has 0 fully saturated rings. The van der Waals surface area contributed by atoms with Crippen molar-refractivity contribution in [3.8, 4) is 11.3 Å². The van der Waals surface area contributed by atoms with Crippen molar-refractivity contribution in [3.63, 3.8) is 0 Å². The molecule has 0 atom stereocenters. The molecule has 1 amide bonds. The summed E-state index contributed by atoms with van der Waals surface area (Å²) in [6.07, 6.45) is 0.459. The zero-order chi connectivity index (χ0) is 19.6. The molecule has 7 nitrogen and oxygen atoms in total. The van der Waals surface area contributed by atoms with Gasteiger partial charge in [0.05, 0.1) is 11.3 Å². The lowest BCUT2D eigenvalue weighted by Crippen LogP contribution is -2.29. The van der Waals surface area contributed by atoms with E-state index in [0.717, 1.165) is 18.3 Å². The van der Waals surface area contributed by atoms with E-state index in [0.29, 0.717) is 0 Å². The van der Waals surface area contributed by atoms with E-state index in [1.54, 1.807) is 0 Å². The van der Waals surface area contributed by atoms with Crippen molar-refractivity contribution in [2.45, 2.75) is 6.18 Å². The van der Waals surface area contributed by atoms with Gasteiger partial charge in [-0.2, -0.15) is 13.2 Å². The van der Waals surface area contributed by atoms with E-state index in [1.807, 2.05) is 0 Å². The Kier molecular flexibility index (Phi) is 4.63. The first-order chi connectivity index (χ1) is 12.8. The number of carbonyl (C=O) groups excluding carboxylic acids is 1. The fourth-order valence-electron chi connectivity index (χ4n) is 2.46. The van der Waals surface area contributed by atoms with Gasteiger partial charge >= 0.3 is 6.18 Å². The molecule has 0 aliphatic rings. The van der Waals surface area contributed by atoms with E-state index >= 15 is 0 Å². The average Bonchev–Trinajstić information content (AvgIpc) is 3.04. The summed E-state index contributed by atoms with van der Waals surface area (Å²) in [4.78, 5) is 20.4. The number of hydrogen-bond donors (Lipinski definition) is 3. The van der Waals surface area contributed by atoms with Crippen LogP contribution in [0.3, 0.4) is 0 Å². The maximum absolute atomic E-state index is 13.3. The fourth-order valence-corrected chi connectivity index (χ4v) is 2.46. The number of carbonyl (C=O) groups is 1. The fraction of sp³-hybridized carbons (Fsp3) is 0.0588. The number of nitrogens with zero attached hydrogens (tertiary/aromatic N) is 3. The van der Waals surface area contributed by atoms with E-state index in [-0.39, 0.29) is 28.4 Å². The number of nitrogens with two attached hydrogens (primary N) is 1. The monoisotopic (exact) mass is 374 g/mol. The summed E-state index contributed by atoms with van der Waals surface area (Å²) in [5, 5.41) is 9.78. The third kappa shape index (κ3) is 3.64. The third-order valence-corrected chi connectivity index (χ3v) is 3.62. The van der Waals surface area contributed by atoms with Crippen LogP contribution in [0.5, 0.6) is 0 Å². The van der Waals surface area contributed by atoms with Crippen molar-refractivity contribution in [1.29, 1.82) is 5.41 Å². The van der Waals surface area contributed by atoms with Crippen molar-refractivity contribution >= 4 is 17.4 Å².